The zero-order chi connectivity index (χ0) is 21.4. The van der Waals surface area contributed by atoms with Crippen LogP contribution in [-0.4, -0.2) is 59.0 Å². The van der Waals surface area contributed by atoms with Gasteiger partial charge in [-0.2, -0.15) is 0 Å². The highest BCUT2D eigenvalue weighted by Gasteiger charge is 2.43. The van der Waals surface area contributed by atoms with Crippen molar-refractivity contribution >= 4 is 36.9 Å². The number of H-pyrrole nitrogens is 1. The zero-order valence-electron chi connectivity index (χ0n) is 17.6. The molecule has 1 aliphatic heterocycles. The Hall–Kier alpha value is -1.82. The maximum atomic E-state index is 11.9. The van der Waals surface area contributed by atoms with E-state index in [1.807, 2.05) is 0 Å². The molecule has 0 bridgehead atoms. The van der Waals surface area contributed by atoms with E-state index < -0.39 is 14.5 Å². The minimum Gasteiger partial charge on any atom is -0.460 e. The average molecular weight is 441 g/mol. The van der Waals surface area contributed by atoms with Gasteiger partial charge in [0.1, 0.15) is 18.4 Å². The van der Waals surface area contributed by atoms with E-state index in [1.54, 1.807) is 10.9 Å². The van der Waals surface area contributed by atoms with Crippen molar-refractivity contribution in [3.8, 4) is 0 Å². The molecule has 0 aliphatic carbocycles. The number of hydrogen-bond donors (Lipinski definition) is 1. The maximum Gasteiger partial charge on any atom is 0.352 e. The van der Waals surface area contributed by atoms with Crippen LogP contribution in [0, 0.1) is 0 Å². The third-order valence-electron chi connectivity index (χ3n) is 5.68. The van der Waals surface area contributed by atoms with Gasteiger partial charge in [0, 0.05) is 18.6 Å². The monoisotopic (exact) mass is 440 g/mol. The van der Waals surface area contributed by atoms with E-state index in [2.05, 4.69) is 48.8 Å². The molecule has 0 saturated carbocycles. The zero-order valence-corrected chi connectivity index (χ0v) is 19.4. The molecule has 1 aliphatic rings. The summed E-state index contributed by atoms with van der Waals surface area (Å²) in [6.45, 7) is 11.3. The fraction of sp³-hybridized carbons (Fsp3) is 0.667. The van der Waals surface area contributed by atoms with E-state index in [4.69, 9.17) is 30.9 Å². The number of fused-ring (bicyclic) bond motifs is 1. The predicted octanol–water partition coefficient (Wildman–Crippen LogP) is 2.75. The number of thiocarbonyl (C=S) groups is 1. The number of ether oxygens (including phenoxy) is 3. The van der Waals surface area contributed by atoms with Gasteiger partial charge in [-0.25, -0.2) is 9.97 Å². The van der Waals surface area contributed by atoms with Crippen molar-refractivity contribution in [3.05, 3.63) is 23.0 Å². The predicted molar refractivity (Wildman–Crippen MR) is 114 cm³/mol. The van der Waals surface area contributed by atoms with Crippen LogP contribution < -0.4 is 5.56 Å². The third kappa shape index (κ3) is 4.52. The second kappa shape index (κ2) is 8.13. The van der Waals surface area contributed by atoms with Crippen molar-refractivity contribution in [1.29, 1.82) is 0 Å². The van der Waals surface area contributed by atoms with E-state index in [-0.39, 0.29) is 33.6 Å². The molecule has 29 heavy (non-hydrogen) atoms. The number of nitrogens with one attached hydrogen (secondary N) is 1. The molecule has 0 amide bonds. The van der Waals surface area contributed by atoms with E-state index in [0.29, 0.717) is 18.7 Å². The first-order valence-electron chi connectivity index (χ1n) is 9.48. The normalized spacial score (nSPS) is 22.8. The van der Waals surface area contributed by atoms with Crippen LogP contribution in [0.15, 0.2) is 17.4 Å². The Labute approximate surface area is 175 Å². The number of nitrogens with zero attached hydrogens (tertiary/aromatic N) is 3. The van der Waals surface area contributed by atoms with Crippen molar-refractivity contribution in [1.82, 2.24) is 19.5 Å². The standard InChI is InChI=1S/C18H28N4O5SSi/c1-18(2,3)29(5,6)25-8-12-11(27-17(28)24-4)7-13(26-12)22-10-21-14-15(22)19-9-20-16(14)23/h9-13H,7-8H2,1-6H3,(H,19,20,23)/t11-,12+,13+/m1/s1. The number of imidazole rings is 1. The summed E-state index contributed by atoms with van der Waals surface area (Å²) in [5.41, 5.74) is 0.428. The quantitative estimate of drug-likeness (QED) is 0.559. The highest BCUT2D eigenvalue weighted by molar-refractivity contribution is 7.79. The molecule has 0 spiro atoms. The fourth-order valence-electron chi connectivity index (χ4n) is 2.90. The minimum atomic E-state index is -1.97. The number of aromatic amines is 1. The Balaban J connectivity index is 1.82. The van der Waals surface area contributed by atoms with Crippen LogP contribution in [0.5, 0.6) is 0 Å². The number of hydrogen-bond acceptors (Lipinski definition) is 8. The van der Waals surface area contributed by atoms with Crippen LogP contribution >= 0.6 is 12.2 Å². The minimum absolute atomic E-state index is 0.0571. The Kier molecular flexibility index (Phi) is 6.13. The molecule has 2 aromatic heterocycles. The van der Waals surface area contributed by atoms with E-state index in [1.165, 1.54) is 13.4 Å². The van der Waals surface area contributed by atoms with Crippen LogP contribution in [0.4, 0.5) is 0 Å². The molecule has 2 aromatic rings. The first-order chi connectivity index (χ1) is 13.5. The number of rotatable bonds is 5. The molecule has 3 rings (SSSR count). The van der Waals surface area contributed by atoms with Gasteiger partial charge in [-0.1, -0.05) is 20.8 Å². The summed E-state index contributed by atoms with van der Waals surface area (Å²) in [7, 11) is -0.498. The summed E-state index contributed by atoms with van der Waals surface area (Å²) in [5, 5.41) is 0.135. The number of aromatic nitrogens is 4. The molecular formula is C18H28N4O5SSi. The van der Waals surface area contributed by atoms with Crippen molar-refractivity contribution in [3.63, 3.8) is 0 Å². The van der Waals surface area contributed by atoms with Gasteiger partial charge in [0.15, 0.2) is 19.5 Å². The summed E-state index contributed by atoms with van der Waals surface area (Å²) >= 11 is 5.09. The second-order valence-electron chi connectivity index (χ2n) is 8.60. The lowest BCUT2D eigenvalue weighted by Crippen LogP contribution is -2.44. The van der Waals surface area contributed by atoms with Crippen molar-refractivity contribution in [2.45, 2.75) is 63.8 Å². The molecule has 0 radical (unpaired) electrons. The molecule has 1 saturated heterocycles. The van der Waals surface area contributed by atoms with Gasteiger partial charge in [-0.15, -0.1) is 0 Å². The third-order valence-corrected chi connectivity index (χ3v) is 10.4. The largest absolute Gasteiger partial charge is 0.460 e. The first kappa shape index (κ1) is 21.9. The van der Waals surface area contributed by atoms with Gasteiger partial charge in [0.25, 0.3) is 5.56 Å². The summed E-state index contributed by atoms with van der Waals surface area (Å²) in [6.07, 6.45) is 2.30. The summed E-state index contributed by atoms with van der Waals surface area (Å²) in [4.78, 5) is 22.9. The average Bonchev–Trinajstić information content (AvgIpc) is 3.23. The summed E-state index contributed by atoms with van der Waals surface area (Å²) in [6, 6.07) is 0. The van der Waals surface area contributed by atoms with Crippen LogP contribution in [0.25, 0.3) is 11.2 Å². The van der Waals surface area contributed by atoms with Gasteiger partial charge in [0.05, 0.1) is 26.4 Å². The van der Waals surface area contributed by atoms with E-state index in [9.17, 15) is 4.79 Å². The van der Waals surface area contributed by atoms with Crippen LogP contribution in [0.2, 0.25) is 18.1 Å². The lowest BCUT2D eigenvalue weighted by Gasteiger charge is -2.37. The lowest BCUT2D eigenvalue weighted by molar-refractivity contribution is -0.0411. The molecular weight excluding hydrogens is 412 g/mol. The van der Waals surface area contributed by atoms with Gasteiger partial charge >= 0.3 is 5.24 Å². The van der Waals surface area contributed by atoms with Gasteiger partial charge in [-0.05, 0) is 18.1 Å². The van der Waals surface area contributed by atoms with Crippen molar-refractivity contribution in [2.24, 2.45) is 0 Å². The molecule has 0 unspecified atom stereocenters. The lowest BCUT2D eigenvalue weighted by atomic mass is 10.2. The van der Waals surface area contributed by atoms with Crippen molar-refractivity contribution in [2.75, 3.05) is 13.7 Å². The second-order valence-corrected chi connectivity index (χ2v) is 13.7. The Morgan fingerprint density at radius 3 is 2.79 bits per heavy atom. The molecule has 3 atom stereocenters. The van der Waals surface area contributed by atoms with Crippen LogP contribution in [0.1, 0.15) is 33.4 Å². The fourth-order valence-corrected chi connectivity index (χ4v) is 4.04. The van der Waals surface area contributed by atoms with E-state index in [0.717, 1.165) is 0 Å². The Morgan fingerprint density at radius 2 is 2.14 bits per heavy atom. The molecule has 11 heteroatoms. The highest BCUT2D eigenvalue weighted by Crippen LogP contribution is 2.38. The van der Waals surface area contributed by atoms with Gasteiger partial charge in [-0.3, -0.25) is 9.36 Å². The van der Waals surface area contributed by atoms with Crippen molar-refractivity contribution < 1.29 is 18.6 Å². The molecule has 0 aromatic carbocycles. The molecule has 160 valence electrons. The Bertz CT molecular complexity index is 938. The van der Waals surface area contributed by atoms with Crippen LogP contribution in [0.3, 0.4) is 0 Å². The highest BCUT2D eigenvalue weighted by atomic mass is 32.1. The summed E-state index contributed by atoms with van der Waals surface area (Å²) in [5.74, 6) is 0. The smallest absolute Gasteiger partial charge is 0.352 e. The summed E-state index contributed by atoms with van der Waals surface area (Å²) < 4.78 is 25.1. The molecule has 3 heterocycles. The topological polar surface area (TPSA) is 100 Å². The van der Waals surface area contributed by atoms with Gasteiger partial charge < -0.3 is 23.6 Å². The Morgan fingerprint density at radius 1 is 1.41 bits per heavy atom. The van der Waals surface area contributed by atoms with E-state index >= 15 is 0 Å². The molecule has 9 nitrogen and oxygen atoms in total. The first-order valence-corrected chi connectivity index (χ1v) is 12.8. The maximum absolute atomic E-state index is 11.9. The van der Waals surface area contributed by atoms with Crippen LogP contribution in [-0.2, 0) is 18.6 Å². The molecule has 1 fully saturated rings. The van der Waals surface area contributed by atoms with Gasteiger partial charge in [0.2, 0.25) is 0 Å². The SMILES string of the molecule is COC(=S)O[C@@H]1C[C@@H](n2cnc3c(=O)[nH]cnc32)O[C@H]1CO[Si](C)(C)C(C)(C)C. The molecule has 1 N–H and O–H groups in total. The number of methoxy groups -OCH3 is 1.